The molecule has 7 heteroatoms. The van der Waals surface area contributed by atoms with Gasteiger partial charge >= 0.3 is 0 Å². The molecule has 5 rings (SSSR count). The zero-order valence-corrected chi connectivity index (χ0v) is 13.1. The van der Waals surface area contributed by atoms with Crippen LogP contribution in [0.1, 0.15) is 31.2 Å². The number of nitrogens with zero attached hydrogens (tertiary/aromatic N) is 3. The summed E-state index contributed by atoms with van der Waals surface area (Å²) in [4.78, 5) is 16.8. The number of carbonyl (C=O) groups is 1. The van der Waals surface area contributed by atoms with E-state index in [0.717, 1.165) is 11.2 Å². The Morgan fingerprint density at radius 2 is 1.88 bits per heavy atom. The van der Waals surface area contributed by atoms with E-state index in [4.69, 9.17) is 14.2 Å². The summed E-state index contributed by atoms with van der Waals surface area (Å²) in [6.45, 7) is 1.26. The van der Waals surface area contributed by atoms with Crippen molar-refractivity contribution in [3.05, 3.63) is 36.3 Å². The van der Waals surface area contributed by atoms with Gasteiger partial charge in [0.1, 0.15) is 12.1 Å². The fourth-order valence-electron chi connectivity index (χ4n) is 3.81. The summed E-state index contributed by atoms with van der Waals surface area (Å²) in [5.41, 5.74) is 0.813. The third-order valence-corrected chi connectivity index (χ3v) is 5.21. The van der Waals surface area contributed by atoms with E-state index in [0.29, 0.717) is 44.7 Å². The summed E-state index contributed by atoms with van der Waals surface area (Å²) in [5, 5.41) is 4.13. The van der Waals surface area contributed by atoms with Gasteiger partial charge in [0.2, 0.25) is 5.78 Å². The van der Waals surface area contributed by atoms with Gasteiger partial charge in [-0.05, 0) is 25.0 Å². The molecule has 0 radical (unpaired) electrons. The smallest absolute Gasteiger partial charge is 0.202 e. The van der Waals surface area contributed by atoms with Crippen molar-refractivity contribution in [1.82, 2.24) is 14.6 Å². The summed E-state index contributed by atoms with van der Waals surface area (Å²) in [5.74, 6) is 0.128. The molecule has 1 saturated heterocycles. The highest BCUT2D eigenvalue weighted by atomic mass is 16.7. The molecule has 2 aromatic heterocycles. The molecular weight excluding hydrogens is 310 g/mol. The monoisotopic (exact) mass is 327 g/mol. The number of ketones is 1. The highest BCUT2D eigenvalue weighted by Crippen LogP contribution is 2.46. The highest BCUT2D eigenvalue weighted by molar-refractivity contribution is 6.05. The van der Waals surface area contributed by atoms with Crippen LogP contribution in [0, 0.1) is 0 Å². The van der Waals surface area contributed by atoms with E-state index >= 15 is 0 Å². The van der Waals surface area contributed by atoms with Crippen LogP contribution >= 0.6 is 0 Å². The van der Waals surface area contributed by atoms with Gasteiger partial charge in [-0.25, -0.2) is 9.50 Å². The molecule has 0 bridgehead atoms. The molecule has 7 nitrogen and oxygen atoms in total. The summed E-state index contributed by atoms with van der Waals surface area (Å²) < 4.78 is 19.3. The van der Waals surface area contributed by atoms with E-state index in [2.05, 4.69) is 10.1 Å². The van der Waals surface area contributed by atoms with E-state index in [-0.39, 0.29) is 5.78 Å². The number of fused-ring (bicyclic) bond motifs is 1. The zero-order valence-electron chi connectivity index (χ0n) is 13.1. The largest absolute Gasteiger partial charge is 0.478 e. The van der Waals surface area contributed by atoms with Gasteiger partial charge in [0, 0.05) is 30.7 Å². The lowest BCUT2D eigenvalue weighted by Crippen LogP contribution is -2.47. The van der Waals surface area contributed by atoms with Crippen LogP contribution in [0.2, 0.25) is 0 Å². The number of carbonyl (C=O) groups excluding carboxylic acids is 1. The summed E-state index contributed by atoms with van der Waals surface area (Å²) in [7, 11) is 0. The quantitative estimate of drug-likeness (QED) is 0.794. The van der Waals surface area contributed by atoms with Crippen LogP contribution in [0.4, 0.5) is 0 Å². The highest BCUT2D eigenvalue weighted by Gasteiger charge is 2.53. The normalized spacial score (nSPS) is 24.7. The molecule has 0 N–H and O–H groups in total. The Morgan fingerprint density at radius 1 is 1.08 bits per heavy atom. The maximum absolute atomic E-state index is 12.6. The van der Waals surface area contributed by atoms with Crippen LogP contribution in [0.5, 0.6) is 0 Å². The number of ether oxygens (including phenoxy) is 3. The summed E-state index contributed by atoms with van der Waals surface area (Å²) in [6.07, 6.45) is 7.51. The first-order valence-electron chi connectivity index (χ1n) is 8.21. The molecule has 4 heterocycles. The van der Waals surface area contributed by atoms with E-state index in [9.17, 15) is 4.79 Å². The number of hydrogen-bond donors (Lipinski definition) is 0. The third kappa shape index (κ3) is 2.01. The van der Waals surface area contributed by atoms with Crippen molar-refractivity contribution in [2.24, 2.45) is 0 Å². The number of aromatic nitrogens is 3. The number of hydrogen-bond acceptors (Lipinski definition) is 6. The third-order valence-electron chi connectivity index (χ3n) is 5.21. The average Bonchev–Trinajstić information content (AvgIpc) is 3.30. The maximum Gasteiger partial charge on any atom is 0.202 e. The Kier molecular flexibility index (Phi) is 2.87. The van der Waals surface area contributed by atoms with Gasteiger partial charge < -0.3 is 14.2 Å². The van der Waals surface area contributed by atoms with Gasteiger partial charge in [-0.1, -0.05) is 0 Å². The van der Waals surface area contributed by atoms with Gasteiger partial charge in [0.05, 0.1) is 13.2 Å². The van der Waals surface area contributed by atoms with E-state index < -0.39 is 11.4 Å². The van der Waals surface area contributed by atoms with Crippen LogP contribution in [-0.2, 0) is 19.0 Å². The molecule has 0 amide bonds. The Hall–Kier alpha value is -2.25. The molecule has 2 aromatic rings. The molecule has 1 aliphatic carbocycles. The SMILES string of the molecule is O=C1C=C(c2ccc3ncnn3c2)OC12CCC1(CC2)OCCO1. The maximum atomic E-state index is 12.6. The minimum atomic E-state index is -0.771. The Morgan fingerprint density at radius 3 is 2.67 bits per heavy atom. The molecule has 2 spiro atoms. The number of pyridine rings is 1. The van der Waals surface area contributed by atoms with Gasteiger partial charge in [-0.3, -0.25) is 4.79 Å². The van der Waals surface area contributed by atoms with Crippen molar-refractivity contribution in [2.75, 3.05) is 13.2 Å². The van der Waals surface area contributed by atoms with E-state index in [1.807, 2.05) is 18.3 Å². The Bertz CT molecular complexity index is 840. The molecule has 3 aliphatic rings. The second-order valence-electron chi connectivity index (χ2n) is 6.56. The first kappa shape index (κ1) is 14.1. The summed E-state index contributed by atoms with van der Waals surface area (Å²) >= 11 is 0. The fraction of sp³-hybridized carbons (Fsp3) is 0.471. The van der Waals surface area contributed by atoms with Crippen molar-refractivity contribution in [1.29, 1.82) is 0 Å². The van der Waals surface area contributed by atoms with Crippen LogP contribution in [0.3, 0.4) is 0 Å². The molecule has 2 fully saturated rings. The first-order chi connectivity index (χ1) is 11.7. The molecule has 1 saturated carbocycles. The predicted octanol–water partition coefficient (Wildman–Crippen LogP) is 1.73. The lowest BCUT2D eigenvalue weighted by molar-refractivity contribution is -0.199. The Balaban J connectivity index is 1.39. The van der Waals surface area contributed by atoms with Crippen molar-refractivity contribution < 1.29 is 19.0 Å². The van der Waals surface area contributed by atoms with Gasteiger partial charge in [0.25, 0.3) is 0 Å². The Labute approximate surface area is 138 Å². The van der Waals surface area contributed by atoms with Gasteiger partial charge in [-0.15, -0.1) is 0 Å². The first-order valence-corrected chi connectivity index (χ1v) is 8.21. The minimum Gasteiger partial charge on any atom is -0.478 e. The van der Waals surface area contributed by atoms with Crippen LogP contribution in [-0.4, -0.2) is 45.0 Å². The molecule has 0 aromatic carbocycles. The predicted molar refractivity (Wildman–Crippen MR) is 82.9 cm³/mol. The molecular formula is C17H17N3O4. The standard InChI is InChI=1S/C17H17N3O4/c21-14-9-13(12-1-2-15-18-11-19-20(15)10-12)24-16(14)3-5-17(6-4-16)22-7-8-23-17/h1-2,9-11H,3-8H2. The van der Waals surface area contributed by atoms with Crippen LogP contribution in [0.25, 0.3) is 11.4 Å². The van der Waals surface area contributed by atoms with E-state index in [1.54, 1.807) is 10.6 Å². The average molecular weight is 327 g/mol. The second-order valence-corrected chi connectivity index (χ2v) is 6.56. The molecule has 24 heavy (non-hydrogen) atoms. The topological polar surface area (TPSA) is 75.0 Å². The van der Waals surface area contributed by atoms with Crippen molar-refractivity contribution >= 4 is 17.2 Å². The van der Waals surface area contributed by atoms with Gasteiger partial charge in [0.15, 0.2) is 17.0 Å². The van der Waals surface area contributed by atoms with Crippen LogP contribution < -0.4 is 0 Å². The van der Waals surface area contributed by atoms with Crippen LogP contribution in [0.15, 0.2) is 30.7 Å². The lowest BCUT2D eigenvalue weighted by atomic mass is 9.79. The summed E-state index contributed by atoms with van der Waals surface area (Å²) in [6, 6.07) is 3.76. The van der Waals surface area contributed by atoms with Gasteiger partial charge in [-0.2, -0.15) is 5.10 Å². The zero-order chi connectivity index (χ0) is 16.2. The molecule has 0 unspecified atom stereocenters. The van der Waals surface area contributed by atoms with E-state index in [1.165, 1.54) is 6.33 Å². The second kappa shape index (κ2) is 4.87. The molecule has 124 valence electrons. The van der Waals surface area contributed by atoms with Crippen molar-refractivity contribution in [3.63, 3.8) is 0 Å². The minimum absolute atomic E-state index is 0.0315. The van der Waals surface area contributed by atoms with Crippen molar-refractivity contribution in [2.45, 2.75) is 37.1 Å². The number of rotatable bonds is 1. The fourth-order valence-corrected chi connectivity index (χ4v) is 3.81. The molecule has 0 atom stereocenters. The lowest BCUT2D eigenvalue weighted by Gasteiger charge is -2.40. The molecule has 2 aliphatic heterocycles. The van der Waals surface area contributed by atoms with Crippen molar-refractivity contribution in [3.8, 4) is 0 Å².